The number of hydrogen-bond acceptors (Lipinski definition) is 2. The molecule has 2 aromatic heterocycles. The first kappa shape index (κ1) is 10.4. The van der Waals surface area contributed by atoms with Gasteiger partial charge >= 0.3 is 5.97 Å². The highest BCUT2D eigenvalue weighted by molar-refractivity contribution is 5.85. The fraction of sp³-hybridized carbons (Fsp3) is 0.167. The van der Waals surface area contributed by atoms with Crippen molar-refractivity contribution < 1.29 is 9.90 Å². The summed E-state index contributed by atoms with van der Waals surface area (Å²) in [6.07, 6.45) is 3.52. The summed E-state index contributed by atoms with van der Waals surface area (Å²) in [6, 6.07) is 7.18. The summed E-state index contributed by atoms with van der Waals surface area (Å²) in [6.45, 7) is 2.45. The number of carboxylic acids is 1. The van der Waals surface area contributed by atoms with Gasteiger partial charge in [0.1, 0.15) is 5.69 Å². The zero-order valence-corrected chi connectivity index (χ0v) is 8.92. The van der Waals surface area contributed by atoms with E-state index in [1.807, 2.05) is 19.1 Å². The molecular formula is C12H12N2O2. The number of aromatic nitrogens is 2. The molecule has 0 aliphatic carbocycles. The van der Waals surface area contributed by atoms with E-state index in [2.05, 4.69) is 4.98 Å². The Hall–Kier alpha value is -2.10. The van der Waals surface area contributed by atoms with Crippen LogP contribution in [-0.4, -0.2) is 20.6 Å². The molecule has 4 nitrogen and oxygen atoms in total. The van der Waals surface area contributed by atoms with Gasteiger partial charge in [0.15, 0.2) is 0 Å². The highest BCUT2D eigenvalue weighted by Crippen LogP contribution is 2.07. The minimum Gasteiger partial charge on any atom is -0.477 e. The molecule has 1 N–H and O–H groups in total. The van der Waals surface area contributed by atoms with Gasteiger partial charge in [-0.2, -0.15) is 0 Å². The molecule has 2 aromatic rings. The Morgan fingerprint density at radius 3 is 2.88 bits per heavy atom. The third kappa shape index (κ3) is 2.11. The molecule has 0 radical (unpaired) electrons. The van der Waals surface area contributed by atoms with Gasteiger partial charge in [-0.05, 0) is 30.7 Å². The summed E-state index contributed by atoms with van der Waals surface area (Å²) in [5, 5.41) is 8.94. The molecule has 0 saturated carbocycles. The maximum atomic E-state index is 10.9. The second kappa shape index (κ2) is 4.18. The van der Waals surface area contributed by atoms with E-state index in [0.29, 0.717) is 12.2 Å². The van der Waals surface area contributed by atoms with Crippen molar-refractivity contribution in [3.05, 3.63) is 53.6 Å². The topological polar surface area (TPSA) is 55.1 Å². The number of aryl methyl sites for hydroxylation is 1. The Morgan fingerprint density at radius 1 is 1.44 bits per heavy atom. The number of rotatable bonds is 3. The van der Waals surface area contributed by atoms with Gasteiger partial charge < -0.3 is 9.67 Å². The first-order valence-electron chi connectivity index (χ1n) is 4.97. The molecule has 82 valence electrons. The van der Waals surface area contributed by atoms with Gasteiger partial charge in [-0.1, -0.05) is 6.07 Å². The van der Waals surface area contributed by atoms with Crippen LogP contribution in [-0.2, 0) is 6.54 Å². The van der Waals surface area contributed by atoms with Gasteiger partial charge in [0, 0.05) is 24.6 Å². The summed E-state index contributed by atoms with van der Waals surface area (Å²) >= 11 is 0. The molecule has 0 amide bonds. The highest BCUT2D eigenvalue weighted by atomic mass is 16.4. The van der Waals surface area contributed by atoms with Gasteiger partial charge in [-0.3, -0.25) is 4.98 Å². The highest BCUT2D eigenvalue weighted by Gasteiger charge is 2.08. The van der Waals surface area contributed by atoms with Gasteiger partial charge in [-0.25, -0.2) is 4.79 Å². The number of nitrogens with zero attached hydrogens (tertiary/aromatic N) is 2. The van der Waals surface area contributed by atoms with E-state index in [9.17, 15) is 4.79 Å². The van der Waals surface area contributed by atoms with E-state index in [4.69, 9.17) is 5.11 Å². The van der Waals surface area contributed by atoms with Gasteiger partial charge in [0.2, 0.25) is 0 Å². The Kier molecular flexibility index (Phi) is 2.72. The van der Waals surface area contributed by atoms with Gasteiger partial charge in [-0.15, -0.1) is 0 Å². The second-order valence-corrected chi connectivity index (χ2v) is 3.63. The van der Waals surface area contributed by atoms with Crippen LogP contribution in [0.1, 0.15) is 21.7 Å². The number of carboxylic acid groups (broad SMARTS) is 1. The van der Waals surface area contributed by atoms with Crippen molar-refractivity contribution in [3.63, 3.8) is 0 Å². The Morgan fingerprint density at radius 2 is 2.25 bits per heavy atom. The van der Waals surface area contributed by atoms with Crippen molar-refractivity contribution in [2.24, 2.45) is 0 Å². The van der Waals surface area contributed by atoms with Gasteiger partial charge in [0.05, 0.1) is 0 Å². The molecule has 0 fully saturated rings. The number of carbonyl (C=O) groups is 1. The second-order valence-electron chi connectivity index (χ2n) is 3.63. The quantitative estimate of drug-likeness (QED) is 0.853. The molecule has 0 spiro atoms. The van der Waals surface area contributed by atoms with Crippen LogP contribution < -0.4 is 0 Å². The molecule has 4 heteroatoms. The molecular weight excluding hydrogens is 204 g/mol. The van der Waals surface area contributed by atoms with Crippen LogP contribution in [0.3, 0.4) is 0 Å². The molecule has 2 heterocycles. The predicted octanol–water partition coefficient (Wildman–Crippen LogP) is 1.94. The van der Waals surface area contributed by atoms with Crippen LogP contribution in [0, 0.1) is 6.92 Å². The van der Waals surface area contributed by atoms with E-state index >= 15 is 0 Å². The third-order valence-electron chi connectivity index (χ3n) is 2.37. The number of aromatic carboxylic acids is 1. The lowest BCUT2D eigenvalue weighted by atomic mass is 10.2. The van der Waals surface area contributed by atoms with Crippen LogP contribution in [0.25, 0.3) is 0 Å². The molecule has 0 aromatic carbocycles. The zero-order chi connectivity index (χ0) is 11.5. The smallest absolute Gasteiger partial charge is 0.352 e. The summed E-state index contributed by atoms with van der Waals surface area (Å²) in [4.78, 5) is 15.1. The summed E-state index contributed by atoms with van der Waals surface area (Å²) in [5.74, 6) is -0.912. The normalized spacial score (nSPS) is 10.3. The molecule has 0 unspecified atom stereocenters. The standard InChI is InChI=1S/C12H12N2O2/c1-9-4-5-10(7-13-9)8-14-6-2-3-11(14)12(15)16/h2-7H,8H2,1H3,(H,15,16). The molecule has 0 aliphatic rings. The van der Waals surface area contributed by atoms with E-state index in [-0.39, 0.29) is 0 Å². The SMILES string of the molecule is Cc1ccc(Cn2cccc2C(=O)O)cn1. The molecule has 0 saturated heterocycles. The summed E-state index contributed by atoms with van der Waals surface area (Å²) < 4.78 is 1.69. The summed E-state index contributed by atoms with van der Waals surface area (Å²) in [5.41, 5.74) is 2.24. The lowest BCUT2D eigenvalue weighted by Gasteiger charge is -2.06. The van der Waals surface area contributed by atoms with E-state index in [1.165, 1.54) is 0 Å². The van der Waals surface area contributed by atoms with Crippen LogP contribution >= 0.6 is 0 Å². The maximum absolute atomic E-state index is 10.9. The van der Waals surface area contributed by atoms with Crippen LogP contribution in [0.5, 0.6) is 0 Å². The van der Waals surface area contributed by atoms with Crippen LogP contribution in [0.4, 0.5) is 0 Å². The van der Waals surface area contributed by atoms with Crippen molar-refractivity contribution in [2.75, 3.05) is 0 Å². The number of hydrogen-bond donors (Lipinski definition) is 1. The Bertz CT molecular complexity index is 500. The Labute approximate surface area is 93.2 Å². The average molecular weight is 216 g/mol. The predicted molar refractivity (Wildman–Crippen MR) is 59.5 cm³/mol. The van der Waals surface area contributed by atoms with Gasteiger partial charge in [0.25, 0.3) is 0 Å². The molecule has 16 heavy (non-hydrogen) atoms. The van der Waals surface area contributed by atoms with Crippen molar-refractivity contribution in [1.82, 2.24) is 9.55 Å². The minimum atomic E-state index is -0.912. The van der Waals surface area contributed by atoms with Crippen molar-refractivity contribution in [3.8, 4) is 0 Å². The fourth-order valence-corrected chi connectivity index (χ4v) is 1.53. The largest absolute Gasteiger partial charge is 0.477 e. The van der Waals surface area contributed by atoms with Crippen LogP contribution in [0.15, 0.2) is 36.7 Å². The lowest BCUT2D eigenvalue weighted by Crippen LogP contribution is -2.08. The molecule has 0 aliphatic heterocycles. The summed E-state index contributed by atoms with van der Waals surface area (Å²) in [7, 11) is 0. The fourth-order valence-electron chi connectivity index (χ4n) is 1.53. The minimum absolute atomic E-state index is 0.292. The first-order chi connectivity index (χ1) is 7.66. The molecule has 0 atom stereocenters. The van der Waals surface area contributed by atoms with Crippen molar-refractivity contribution in [1.29, 1.82) is 0 Å². The van der Waals surface area contributed by atoms with E-state index in [0.717, 1.165) is 11.3 Å². The van der Waals surface area contributed by atoms with E-state index < -0.39 is 5.97 Å². The number of pyridine rings is 1. The van der Waals surface area contributed by atoms with Crippen molar-refractivity contribution in [2.45, 2.75) is 13.5 Å². The molecule has 0 bridgehead atoms. The average Bonchev–Trinajstić information content (AvgIpc) is 2.69. The van der Waals surface area contributed by atoms with Crippen LogP contribution in [0.2, 0.25) is 0 Å². The lowest BCUT2D eigenvalue weighted by molar-refractivity contribution is 0.0685. The maximum Gasteiger partial charge on any atom is 0.352 e. The Balaban J connectivity index is 2.23. The monoisotopic (exact) mass is 216 g/mol. The van der Waals surface area contributed by atoms with Crippen molar-refractivity contribution >= 4 is 5.97 Å². The third-order valence-corrected chi connectivity index (χ3v) is 2.37. The molecule has 2 rings (SSSR count). The zero-order valence-electron chi connectivity index (χ0n) is 8.92. The first-order valence-corrected chi connectivity index (χ1v) is 4.97. The van der Waals surface area contributed by atoms with E-state index in [1.54, 1.807) is 29.1 Å².